The topological polar surface area (TPSA) is 17.8 Å². The van der Waals surface area contributed by atoms with E-state index in [1.165, 1.54) is 18.2 Å². The van der Waals surface area contributed by atoms with Gasteiger partial charge < -0.3 is 4.57 Å². The molecule has 19 heavy (non-hydrogen) atoms. The monoisotopic (exact) mass is 258 g/mol. The van der Waals surface area contributed by atoms with E-state index in [4.69, 9.17) is 0 Å². The first-order valence-electron chi connectivity index (χ1n) is 6.09. The lowest BCUT2D eigenvalue weighted by atomic mass is 10.0. The van der Waals surface area contributed by atoms with Gasteiger partial charge in [0.15, 0.2) is 0 Å². The Bertz CT molecular complexity index is 730. The zero-order valence-corrected chi connectivity index (χ0v) is 10.4. The number of aryl methyl sites for hydroxylation is 1. The van der Waals surface area contributed by atoms with E-state index in [-0.39, 0.29) is 11.6 Å². The minimum absolute atomic E-state index is 0.330. The summed E-state index contributed by atoms with van der Waals surface area (Å²) in [5.41, 5.74) is 2.63. The van der Waals surface area contributed by atoms with Gasteiger partial charge in [-0.15, -0.1) is 0 Å². The lowest BCUT2D eigenvalue weighted by molar-refractivity contribution is 0.626. The molecule has 1 aromatic heterocycles. The number of imidazole rings is 1. The number of nitrogens with zero attached hydrogens (tertiary/aromatic N) is 2. The number of aromatic nitrogens is 2. The Hall–Kier alpha value is -2.23. The third-order valence-electron chi connectivity index (χ3n) is 3.21. The van der Waals surface area contributed by atoms with Crippen molar-refractivity contribution < 1.29 is 8.78 Å². The fraction of sp³-hybridized carbons (Fsp3) is 0.133. The molecule has 4 heteroatoms. The molecule has 2 aromatic carbocycles. The van der Waals surface area contributed by atoms with Gasteiger partial charge in [0.2, 0.25) is 0 Å². The molecule has 0 atom stereocenters. The maximum Gasteiger partial charge on any atom is 0.133 e. The maximum absolute atomic E-state index is 14.1. The number of hydrogen-bond donors (Lipinski definition) is 0. The average Bonchev–Trinajstić information content (AvgIpc) is 2.81. The normalized spacial score (nSPS) is 11.1. The molecule has 0 aliphatic rings. The summed E-state index contributed by atoms with van der Waals surface area (Å²) in [6, 6.07) is 8.99. The van der Waals surface area contributed by atoms with E-state index in [2.05, 4.69) is 4.98 Å². The summed E-state index contributed by atoms with van der Waals surface area (Å²) < 4.78 is 28.9. The zero-order chi connectivity index (χ0) is 13.4. The van der Waals surface area contributed by atoms with Crippen LogP contribution in [-0.4, -0.2) is 9.55 Å². The van der Waals surface area contributed by atoms with Crippen LogP contribution in [0.1, 0.15) is 6.92 Å². The second-order valence-corrected chi connectivity index (χ2v) is 4.36. The van der Waals surface area contributed by atoms with Crippen molar-refractivity contribution in [3.05, 3.63) is 54.4 Å². The molecular weight excluding hydrogens is 246 g/mol. The van der Waals surface area contributed by atoms with Crippen LogP contribution in [0, 0.1) is 11.6 Å². The minimum Gasteiger partial charge on any atom is -0.331 e. The van der Waals surface area contributed by atoms with E-state index < -0.39 is 0 Å². The molecule has 0 bridgehead atoms. The molecule has 0 amide bonds. The Labute approximate surface area is 109 Å². The SMILES string of the molecule is CCn1cnc2cc(F)c(-c3ccc(F)cc3)cc21. The molecule has 0 N–H and O–H groups in total. The van der Waals surface area contributed by atoms with Gasteiger partial charge >= 0.3 is 0 Å². The predicted octanol–water partition coefficient (Wildman–Crippen LogP) is 4.00. The molecule has 1 heterocycles. The van der Waals surface area contributed by atoms with Crippen LogP contribution in [-0.2, 0) is 6.54 Å². The summed E-state index contributed by atoms with van der Waals surface area (Å²) in [7, 11) is 0. The van der Waals surface area contributed by atoms with Gasteiger partial charge in [-0.1, -0.05) is 12.1 Å². The summed E-state index contributed by atoms with van der Waals surface area (Å²) >= 11 is 0. The quantitative estimate of drug-likeness (QED) is 0.679. The predicted molar refractivity (Wildman–Crippen MR) is 70.8 cm³/mol. The first-order valence-corrected chi connectivity index (χ1v) is 6.09. The van der Waals surface area contributed by atoms with Gasteiger partial charge in [-0.25, -0.2) is 13.8 Å². The molecule has 0 saturated carbocycles. The smallest absolute Gasteiger partial charge is 0.133 e. The van der Waals surface area contributed by atoms with Crippen LogP contribution in [0.5, 0.6) is 0 Å². The van der Waals surface area contributed by atoms with E-state index in [0.29, 0.717) is 16.6 Å². The maximum atomic E-state index is 14.1. The molecule has 0 saturated heterocycles. The van der Waals surface area contributed by atoms with Crippen molar-refractivity contribution in [2.75, 3.05) is 0 Å². The van der Waals surface area contributed by atoms with Gasteiger partial charge in [0, 0.05) is 18.2 Å². The molecule has 0 unspecified atom stereocenters. The number of halogens is 2. The van der Waals surface area contributed by atoms with Crippen molar-refractivity contribution in [1.29, 1.82) is 0 Å². The highest BCUT2D eigenvalue weighted by molar-refractivity contribution is 5.82. The summed E-state index contributed by atoms with van der Waals surface area (Å²) in [5.74, 6) is -0.677. The van der Waals surface area contributed by atoms with Crippen molar-refractivity contribution in [1.82, 2.24) is 9.55 Å². The Morgan fingerprint density at radius 2 is 1.84 bits per heavy atom. The molecule has 0 radical (unpaired) electrons. The van der Waals surface area contributed by atoms with E-state index >= 15 is 0 Å². The number of rotatable bonds is 2. The van der Waals surface area contributed by atoms with Gasteiger partial charge in [-0.3, -0.25) is 0 Å². The summed E-state index contributed by atoms with van der Waals surface area (Å²) in [5, 5.41) is 0. The largest absolute Gasteiger partial charge is 0.331 e. The third kappa shape index (κ3) is 1.99. The Balaban J connectivity index is 2.22. The van der Waals surface area contributed by atoms with Gasteiger partial charge in [-0.2, -0.15) is 0 Å². The van der Waals surface area contributed by atoms with Crippen LogP contribution in [0.25, 0.3) is 22.2 Å². The molecule has 0 aliphatic carbocycles. The second kappa shape index (κ2) is 4.46. The van der Waals surface area contributed by atoms with Crippen molar-refractivity contribution in [3.63, 3.8) is 0 Å². The van der Waals surface area contributed by atoms with Gasteiger partial charge in [-0.05, 0) is 30.7 Å². The molecule has 96 valence electrons. The van der Waals surface area contributed by atoms with Crippen molar-refractivity contribution >= 4 is 11.0 Å². The van der Waals surface area contributed by atoms with Crippen molar-refractivity contribution in [2.24, 2.45) is 0 Å². The molecule has 3 aromatic rings. The minimum atomic E-state index is -0.347. The zero-order valence-electron chi connectivity index (χ0n) is 10.4. The van der Waals surface area contributed by atoms with Crippen molar-refractivity contribution in [2.45, 2.75) is 13.5 Å². The van der Waals surface area contributed by atoms with Crippen LogP contribution < -0.4 is 0 Å². The Morgan fingerprint density at radius 1 is 1.11 bits per heavy atom. The fourth-order valence-corrected chi connectivity index (χ4v) is 2.18. The summed E-state index contributed by atoms with van der Waals surface area (Å²) in [4.78, 5) is 4.16. The lowest BCUT2D eigenvalue weighted by Crippen LogP contribution is -1.92. The van der Waals surface area contributed by atoms with Crippen LogP contribution in [0.2, 0.25) is 0 Å². The van der Waals surface area contributed by atoms with Crippen LogP contribution in [0.3, 0.4) is 0 Å². The lowest BCUT2D eigenvalue weighted by Gasteiger charge is -2.06. The molecular formula is C15H12F2N2. The van der Waals surface area contributed by atoms with E-state index in [1.807, 2.05) is 11.5 Å². The van der Waals surface area contributed by atoms with Gasteiger partial charge in [0.1, 0.15) is 11.6 Å². The fourth-order valence-electron chi connectivity index (χ4n) is 2.18. The Kier molecular flexibility index (Phi) is 2.78. The van der Waals surface area contributed by atoms with Gasteiger partial charge in [0.25, 0.3) is 0 Å². The highest BCUT2D eigenvalue weighted by Gasteiger charge is 2.10. The molecule has 0 fully saturated rings. The molecule has 2 nitrogen and oxygen atoms in total. The van der Waals surface area contributed by atoms with Gasteiger partial charge in [0.05, 0.1) is 17.4 Å². The van der Waals surface area contributed by atoms with E-state index in [1.54, 1.807) is 24.5 Å². The number of fused-ring (bicyclic) bond motifs is 1. The molecule has 3 rings (SSSR count). The number of benzene rings is 2. The summed E-state index contributed by atoms with van der Waals surface area (Å²) in [6.45, 7) is 2.77. The standard InChI is InChI=1S/C15H12F2N2/c1-2-19-9-18-14-8-13(17)12(7-15(14)19)10-3-5-11(16)6-4-10/h3-9H,2H2,1H3. The van der Waals surface area contributed by atoms with Crippen LogP contribution in [0.4, 0.5) is 8.78 Å². The van der Waals surface area contributed by atoms with Crippen LogP contribution in [0.15, 0.2) is 42.7 Å². The van der Waals surface area contributed by atoms with Crippen molar-refractivity contribution in [3.8, 4) is 11.1 Å². The third-order valence-corrected chi connectivity index (χ3v) is 3.21. The first kappa shape index (κ1) is 11.8. The second-order valence-electron chi connectivity index (χ2n) is 4.36. The highest BCUT2D eigenvalue weighted by atomic mass is 19.1. The van der Waals surface area contributed by atoms with E-state index in [9.17, 15) is 8.78 Å². The highest BCUT2D eigenvalue weighted by Crippen LogP contribution is 2.27. The first-order chi connectivity index (χ1) is 9.19. The average molecular weight is 258 g/mol. The van der Waals surface area contributed by atoms with E-state index in [0.717, 1.165) is 12.1 Å². The molecule has 0 aliphatic heterocycles. The number of hydrogen-bond acceptors (Lipinski definition) is 1. The Morgan fingerprint density at radius 3 is 2.53 bits per heavy atom. The molecule has 0 spiro atoms. The van der Waals surface area contributed by atoms with Crippen LogP contribution >= 0.6 is 0 Å². The summed E-state index contributed by atoms with van der Waals surface area (Å²) in [6.07, 6.45) is 1.69.